The molecule has 0 aromatic heterocycles. The molecule has 2 aliphatic heterocycles. The number of hydrogen-bond donors (Lipinski definition) is 1. The Morgan fingerprint density at radius 2 is 1.81 bits per heavy atom. The lowest BCUT2D eigenvalue weighted by Gasteiger charge is -2.45. The van der Waals surface area contributed by atoms with Crippen molar-refractivity contribution in [2.45, 2.75) is 50.4 Å². The number of amides is 1. The third-order valence-electron chi connectivity index (χ3n) is 6.24. The molecule has 2 saturated heterocycles. The number of piperidine rings is 1. The van der Waals surface area contributed by atoms with E-state index in [0.29, 0.717) is 17.2 Å². The van der Waals surface area contributed by atoms with Gasteiger partial charge in [-0.25, -0.2) is 9.18 Å². The minimum absolute atomic E-state index is 0.0245. The van der Waals surface area contributed by atoms with E-state index in [0.717, 1.165) is 39.0 Å². The van der Waals surface area contributed by atoms with Gasteiger partial charge in [0.15, 0.2) is 0 Å². The smallest absolute Gasteiger partial charge is 0.475 e. The number of carbonyl (C=O) groups is 2. The third kappa shape index (κ3) is 5.94. The van der Waals surface area contributed by atoms with Crippen LogP contribution in [0.5, 0.6) is 0 Å². The fourth-order valence-corrected chi connectivity index (χ4v) is 4.35. The molecule has 1 amide bonds. The lowest BCUT2D eigenvalue weighted by Crippen LogP contribution is -2.54. The number of benzene rings is 1. The van der Waals surface area contributed by atoms with Gasteiger partial charge in [0.05, 0.1) is 6.61 Å². The molecule has 3 rings (SSSR count). The van der Waals surface area contributed by atoms with Crippen LogP contribution in [-0.4, -0.2) is 78.4 Å². The van der Waals surface area contributed by atoms with Crippen LogP contribution in [0.25, 0.3) is 0 Å². The molecule has 2 heterocycles. The van der Waals surface area contributed by atoms with E-state index >= 15 is 0 Å². The van der Waals surface area contributed by atoms with Crippen molar-refractivity contribution in [1.82, 2.24) is 9.80 Å². The van der Waals surface area contributed by atoms with Gasteiger partial charge in [-0.1, -0.05) is 0 Å². The fraction of sp³-hybridized carbons (Fsp3) is 0.619. The maximum atomic E-state index is 13.3. The number of hydrogen-bond acceptors (Lipinski definition) is 4. The standard InChI is InChI=1S/C19H27FN2O2.C2HF3O2/c1-14-12-15(20)4-5-17(14)18(23)22-10-8-19(9-11-22)7-6-16(13-24-3)21(19)2;3-2(4,5)1(6)7/h4-5,12,16H,6-11,13H2,1-3H3;(H,6,7). The molecule has 1 aromatic rings. The second-order valence-electron chi connectivity index (χ2n) is 8.04. The van der Waals surface area contributed by atoms with Gasteiger partial charge in [0.2, 0.25) is 0 Å². The van der Waals surface area contributed by atoms with Gasteiger partial charge in [-0.3, -0.25) is 9.69 Å². The van der Waals surface area contributed by atoms with Gasteiger partial charge in [-0.15, -0.1) is 0 Å². The molecule has 0 aliphatic carbocycles. The molecule has 10 heteroatoms. The Hall–Kier alpha value is -2.20. The number of aliphatic carboxylic acids is 1. The quantitative estimate of drug-likeness (QED) is 0.717. The first-order chi connectivity index (χ1) is 14.4. The summed E-state index contributed by atoms with van der Waals surface area (Å²) in [5, 5.41) is 7.12. The van der Waals surface area contributed by atoms with E-state index in [1.807, 2.05) is 4.90 Å². The Bertz CT molecular complexity index is 792. The Balaban J connectivity index is 0.000000423. The van der Waals surface area contributed by atoms with Crippen molar-refractivity contribution in [1.29, 1.82) is 0 Å². The number of ether oxygens (including phenoxy) is 1. The Kier molecular flexibility index (Phi) is 8.04. The van der Waals surface area contributed by atoms with Crippen molar-refractivity contribution in [2.24, 2.45) is 0 Å². The third-order valence-corrected chi connectivity index (χ3v) is 6.24. The summed E-state index contributed by atoms with van der Waals surface area (Å²) in [6.45, 7) is 4.09. The van der Waals surface area contributed by atoms with Crippen LogP contribution in [0.15, 0.2) is 18.2 Å². The largest absolute Gasteiger partial charge is 0.490 e. The Morgan fingerprint density at radius 1 is 1.23 bits per heavy atom. The molecular weight excluding hydrogens is 420 g/mol. The van der Waals surface area contributed by atoms with E-state index in [9.17, 15) is 22.4 Å². The second kappa shape index (κ2) is 9.95. The van der Waals surface area contributed by atoms with E-state index in [1.54, 1.807) is 20.1 Å². The minimum atomic E-state index is -5.08. The highest BCUT2D eigenvalue weighted by molar-refractivity contribution is 5.95. The van der Waals surface area contributed by atoms with Crippen LogP contribution in [0.2, 0.25) is 0 Å². The monoisotopic (exact) mass is 448 g/mol. The number of halogens is 4. The van der Waals surface area contributed by atoms with Crippen LogP contribution in [0.4, 0.5) is 17.6 Å². The van der Waals surface area contributed by atoms with Gasteiger partial charge < -0.3 is 14.7 Å². The van der Waals surface area contributed by atoms with E-state index in [4.69, 9.17) is 14.6 Å². The predicted molar refractivity (Wildman–Crippen MR) is 105 cm³/mol. The molecule has 2 fully saturated rings. The number of nitrogens with zero attached hydrogens (tertiary/aromatic N) is 2. The van der Waals surface area contributed by atoms with Crippen molar-refractivity contribution in [2.75, 3.05) is 33.9 Å². The molecule has 1 spiro atoms. The van der Waals surface area contributed by atoms with Gasteiger partial charge in [0, 0.05) is 37.3 Å². The molecule has 2 aliphatic rings. The van der Waals surface area contributed by atoms with Gasteiger partial charge in [0.25, 0.3) is 5.91 Å². The zero-order chi connectivity index (χ0) is 23.4. The summed E-state index contributed by atoms with van der Waals surface area (Å²) < 4.78 is 50.3. The van der Waals surface area contributed by atoms with E-state index in [1.165, 1.54) is 18.6 Å². The van der Waals surface area contributed by atoms with Crippen LogP contribution in [0.1, 0.15) is 41.6 Å². The number of carboxylic acids is 1. The Labute approximate surface area is 178 Å². The van der Waals surface area contributed by atoms with E-state index < -0.39 is 12.1 Å². The molecule has 174 valence electrons. The molecule has 0 saturated carbocycles. The van der Waals surface area contributed by atoms with Crippen LogP contribution >= 0.6 is 0 Å². The van der Waals surface area contributed by atoms with E-state index in [-0.39, 0.29) is 17.3 Å². The van der Waals surface area contributed by atoms with Gasteiger partial charge in [-0.2, -0.15) is 13.2 Å². The maximum absolute atomic E-state index is 13.3. The predicted octanol–water partition coefficient (Wildman–Crippen LogP) is 3.48. The first-order valence-electron chi connectivity index (χ1n) is 9.98. The highest BCUT2D eigenvalue weighted by Gasteiger charge is 2.46. The molecule has 31 heavy (non-hydrogen) atoms. The summed E-state index contributed by atoms with van der Waals surface area (Å²) in [5.41, 5.74) is 1.53. The number of likely N-dealkylation sites (tertiary alicyclic amines) is 2. The summed E-state index contributed by atoms with van der Waals surface area (Å²) >= 11 is 0. The second-order valence-corrected chi connectivity index (χ2v) is 8.04. The number of carbonyl (C=O) groups excluding carboxylic acids is 1. The summed E-state index contributed by atoms with van der Waals surface area (Å²) in [6, 6.07) is 4.88. The lowest BCUT2D eigenvalue weighted by atomic mass is 9.85. The molecular formula is C21H28F4N2O4. The van der Waals surface area contributed by atoms with Gasteiger partial charge in [0.1, 0.15) is 5.82 Å². The number of likely N-dealkylation sites (N-methyl/N-ethyl adjacent to an activating group) is 1. The molecule has 0 bridgehead atoms. The summed E-state index contributed by atoms with van der Waals surface area (Å²) in [5.74, 6) is -3.03. The number of carboxylic acid groups (broad SMARTS) is 1. The summed E-state index contributed by atoms with van der Waals surface area (Å²) in [6.07, 6.45) is -0.754. The highest BCUT2D eigenvalue weighted by atomic mass is 19.4. The minimum Gasteiger partial charge on any atom is -0.475 e. The van der Waals surface area contributed by atoms with Crippen LogP contribution < -0.4 is 0 Å². The van der Waals surface area contributed by atoms with Crippen molar-refractivity contribution in [3.05, 3.63) is 35.1 Å². The Morgan fingerprint density at radius 3 is 2.29 bits per heavy atom. The molecule has 6 nitrogen and oxygen atoms in total. The highest BCUT2D eigenvalue weighted by Crippen LogP contribution is 2.40. The fourth-order valence-electron chi connectivity index (χ4n) is 4.35. The first kappa shape index (κ1) is 25.1. The summed E-state index contributed by atoms with van der Waals surface area (Å²) in [7, 11) is 3.95. The van der Waals surface area contributed by atoms with Crippen molar-refractivity contribution in [3.8, 4) is 0 Å². The first-order valence-corrected chi connectivity index (χ1v) is 9.98. The lowest BCUT2D eigenvalue weighted by molar-refractivity contribution is -0.192. The number of aryl methyl sites for hydroxylation is 1. The van der Waals surface area contributed by atoms with E-state index in [2.05, 4.69) is 11.9 Å². The molecule has 0 radical (unpaired) electrons. The SMILES string of the molecule is COCC1CCC2(CCN(C(=O)c3ccc(F)cc3C)CC2)N1C.O=C(O)C(F)(F)F. The average molecular weight is 448 g/mol. The molecule has 1 aromatic carbocycles. The van der Waals surface area contributed by atoms with Gasteiger partial charge in [-0.05, 0) is 63.4 Å². The molecule has 1 atom stereocenters. The van der Waals surface area contributed by atoms with Crippen molar-refractivity contribution in [3.63, 3.8) is 0 Å². The van der Waals surface area contributed by atoms with Crippen LogP contribution in [0, 0.1) is 12.7 Å². The zero-order valence-corrected chi connectivity index (χ0v) is 17.8. The zero-order valence-electron chi connectivity index (χ0n) is 17.8. The van der Waals surface area contributed by atoms with Crippen molar-refractivity contribution >= 4 is 11.9 Å². The van der Waals surface area contributed by atoms with Gasteiger partial charge >= 0.3 is 12.1 Å². The molecule has 1 unspecified atom stereocenters. The maximum Gasteiger partial charge on any atom is 0.490 e. The number of alkyl halides is 3. The average Bonchev–Trinajstić information content (AvgIpc) is 2.98. The number of methoxy groups -OCH3 is 1. The summed E-state index contributed by atoms with van der Waals surface area (Å²) in [4.78, 5) is 26.0. The number of rotatable bonds is 3. The van der Waals surface area contributed by atoms with Crippen LogP contribution in [0.3, 0.4) is 0 Å². The normalized spacial score (nSPS) is 21.0. The topological polar surface area (TPSA) is 70.1 Å². The van der Waals surface area contributed by atoms with Crippen molar-refractivity contribution < 1.29 is 37.0 Å². The van der Waals surface area contributed by atoms with Crippen LogP contribution in [-0.2, 0) is 9.53 Å². The molecule has 1 N–H and O–H groups in total.